The van der Waals surface area contributed by atoms with Crippen molar-refractivity contribution in [2.45, 2.75) is 104 Å². The summed E-state index contributed by atoms with van der Waals surface area (Å²) in [5.41, 5.74) is 0.583. The molecular formula is C17H35N. The topological polar surface area (TPSA) is 12.0 Å². The molecule has 0 aliphatic heterocycles. The summed E-state index contributed by atoms with van der Waals surface area (Å²) in [6.45, 7) is 9.50. The predicted octanol–water partition coefficient (Wildman–Crippen LogP) is 5.29. The number of rotatable bonds is 7. The van der Waals surface area contributed by atoms with Gasteiger partial charge in [-0.05, 0) is 43.9 Å². The average Bonchev–Trinajstić information content (AvgIpc) is 2.48. The van der Waals surface area contributed by atoms with Crippen LogP contribution >= 0.6 is 0 Å². The molecule has 0 bridgehead atoms. The van der Waals surface area contributed by atoms with Crippen molar-refractivity contribution in [1.82, 2.24) is 5.32 Å². The van der Waals surface area contributed by atoms with Crippen LogP contribution < -0.4 is 5.32 Å². The van der Waals surface area contributed by atoms with Crippen molar-refractivity contribution in [1.29, 1.82) is 0 Å². The van der Waals surface area contributed by atoms with Gasteiger partial charge in [0.2, 0.25) is 0 Å². The highest BCUT2D eigenvalue weighted by molar-refractivity contribution is 4.82. The van der Waals surface area contributed by atoms with Gasteiger partial charge in [0.05, 0.1) is 0 Å². The van der Waals surface area contributed by atoms with Crippen LogP contribution in [0.3, 0.4) is 0 Å². The van der Waals surface area contributed by atoms with E-state index in [9.17, 15) is 0 Å². The predicted molar refractivity (Wildman–Crippen MR) is 82.0 cm³/mol. The summed E-state index contributed by atoms with van der Waals surface area (Å²) in [4.78, 5) is 0. The normalized spacial score (nSPS) is 25.7. The van der Waals surface area contributed by atoms with E-state index in [0.29, 0.717) is 5.41 Å². The lowest BCUT2D eigenvalue weighted by Crippen LogP contribution is -2.38. The van der Waals surface area contributed by atoms with Gasteiger partial charge in [0, 0.05) is 12.1 Å². The number of unbranched alkanes of at least 4 members (excludes halogenated alkanes) is 1. The van der Waals surface area contributed by atoms with Crippen LogP contribution in [-0.4, -0.2) is 12.1 Å². The summed E-state index contributed by atoms with van der Waals surface area (Å²) in [6, 6.07) is 1.57. The SMILES string of the molecule is CCCCC(CCC)NC1CCCC(C)(C)CC1. The van der Waals surface area contributed by atoms with Crippen LogP contribution in [0.1, 0.15) is 91.9 Å². The summed E-state index contributed by atoms with van der Waals surface area (Å²) in [5, 5.41) is 3.97. The first-order valence-electron chi connectivity index (χ1n) is 8.33. The maximum Gasteiger partial charge on any atom is 0.00698 e. The van der Waals surface area contributed by atoms with Crippen molar-refractivity contribution in [2.24, 2.45) is 5.41 Å². The highest BCUT2D eigenvalue weighted by Crippen LogP contribution is 2.34. The van der Waals surface area contributed by atoms with Gasteiger partial charge in [0.15, 0.2) is 0 Å². The zero-order valence-corrected chi connectivity index (χ0v) is 13.2. The zero-order chi connectivity index (χ0) is 13.4. The third-order valence-electron chi connectivity index (χ3n) is 4.59. The van der Waals surface area contributed by atoms with Gasteiger partial charge in [-0.1, -0.05) is 53.4 Å². The second-order valence-corrected chi connectivity index (χ2v) is 7.09. The second kappa shape index (κ2) is 8.19. The number of hydrogen-bond acceptors (Lipinski definition) is 1. The molecule has 2 unspecified atom stereocenters. The van der Waals surface area contributed by atoms with Gasteiger partial charge in [-0.3, -0.25) is 0 Å². The molecule has 0 aromatic heterocycles. The molecule has 1 nitrogen and oxygen atoms in total. The van der Waals surface area contributed by atoms with E-state index in [0.717, 1.165) is 12.1 Å². The molecule has 18 heavy (non-hydrogen) atoms. The molecule has 0 saturated heterocycles. The lowest BCUT2D eigenvalue weighted by Gasteiger charge is -2.26. The minimum Gasteiger partial charge on any atom is -0.311 e. The van der Waals surface area contributed by atoms with Gasteiger partial charge in [-0.2, -0.15) is 0 Å². The Labute approximate surface area is 115 Å². The second-order valence-electron chi connectivity index (χ2n) is 7.09. The Morgan fingerprint density at radius 1 is 1.06 bits per heavy atom. The van der Waals surface area contributed by atoms with E-state index in [1.807, 2.05) is 0 Å². The molecule has 1 fully saturated rings. The first-order valence-corrected chi connectivity index (χ1v) is 8.33. The van der Waals surface area contributed by atoms with E-state index in [2.05, 4.69) is 33.0 Å². The van der Waals surface area contributed by atoms with E-state index < -0.39 is 0 Å². The Balaban J connectivity index is 2.37. The minimum atomic E-state index is 0.583. The van der Waals surface area contributed by atoms with Crippen LogP contribution in [-0.2, 0) is 0 Å². The smallest absolute Gasteiger partial charge is 0.00698 e. The quantitative estimate of drug-likeness (QED) is 0.608. The lowest BCUT2D eigenvalue weighted by atomic mass is 9.85. The molecule has 1 rings (SSSR count). The van der Waals surface area contributed by atoms with Crippen molar-refractivity contribution in [3.63, 3.8) is 0 Å². The van der Waals surface area contributed by atoms with Gasteiger partial charge in [-0.25, -0.2) is 0 Å². The van der Waals surface area contributed by atoms with E-state index in [1.54, 1.807) is 0 Å². The molecule has 0 heterocycles. The van der Waals surface area contributed by atoms with E-state index >= 15 is 0 Å². The molecule has 1 aliphatic rings. The molecular weight excluding hydrogens is 218 g/mol. The molecule has 108 valence electrons. The first kappa shape index (κ1) is 16.0. The van der Waals surface area contributed by atoms with Crippen LogP contribution in [0.25, 0.3) is 0 Å². The maximum absolute atomic E-state index is 3.97. The number of hydrogen-bond donors (Lipinski definition) is 1. The summed E-state index contributed by atoms with van der Waals surface area (Å²) in [6.07, 6.45) is 13.8. The van der Waals surface area contributed by atoms with Crippen LogP contribution in [0.15, 0.2) is 0 Å². The molecule has 1 aliphatic carbocycles. The highest BCUT2D eigenvalue weighted by Gasteiger charge is 2.25. The molecule has 0 radical (unpaired) electrons. The average molecular weight is 253 g/mol. The fourth-order valence-corrected chi connectivity index (χ4v) is 3.27. The molecule has 1 heteroatoms. The zero-order valence-electron chi connectivity index (χ0n) is 13.2. The van der Waals surface area contributed by atoms with Crippen molar-refractivity contribution >= 4 is 0 Å². The Morgan fingerprint density at radius 3 is 2.50 bits per heavy atom. The van der Waals surface area contributed by atoms with Crippen molar-refractivity contribution in [2.75, 3.05) is 0 Å². The number of nitrogens with one attached hydrogen (secondary N) is 1. The largest absolute Gasteiger partial charge is 0.311 e. The van der Waals surface area contributed by atoms with Crippen LogP contribution in [0, 0.1) is 5.41 Å². The van der Waals surface area contributed by atoms with E-state index in [4.69, 9.17) is 0 Å². The van der Waals surface area contributed by atoms with Crippen molar-refractivity contribution in [3.8, 4) is 0 Å². The summed E-state index contributed by atoms with van der Waals surface area (Å²) >= 11 is 0. The van der Waals surface area contributed by atoms with E-state index in [-0.39, 0.29) is 0 Å². The van der Waals surface area contributed by atoms with Gasteiger partial charge in [0.1, 0.15) is 0 Å². The molecule has 0 amide bonds. The van der Waals surface area contributed by atoms with Crippen LogP contribution in [0.2, 0.25) is 0 Å². The van der Waals surface area contributed by atoms with Gasteiger partial charge < -0.3 is 5.32 Å². The van der Waals surface area contributed by atoms with Crippen LogP contribution in [0.4, 0.5) is 0 Å². The third kappa shape index (κ3) is 6.22. The summed E-state index contributed by atoms with van der Waals surface area (Å²) < 4.78 is 0. The third-order valence-corrected chi connectivity index (χ3v) is 4.59. The van der Waals surface area contributed by atoms with E-state index in [1.165, 1.54) is 64.2 Å². The monoisotopic (exact) mass is 253 g/mol. The Bertz CT molecular complexity index is 210. The van der Waals surface area contributed by atoms with Crippen LogP contribution in [0.5, 0.6) is 0 Å². The summed E-state index contributed by atoms with van der Waals surface area (Å²) in [7, 11) is 0. The molecule has 0 aromatic carbocycles. The fourth-order valence-electron chi connectivity index (χ4n) is 3.27. The Kier molecular flexibility index (Phi) is 7.29. The molecule has 0 spiro atoms. The van der Waals surface area contributed by atoms with Crippen molar-refractivity contribution in [3.05, 3.63) is 0 Å². The lowest BCUT2D eigenvalue weighted by molar-refractivity contribution is 0.303. The van der Waals surface area contributed by atoms with Gasteiger partial charge in [0.25, 0.3) is 0 Å². The molecule has 1 N–H and O–H groups in total. The molecule has 1 saturated carbocycles. The fraction of sp³-hybridized carbons (Fsp3) is 1.00. The van der Waals surface area contributed by atoms with Gasteiger partial charge >= 0.3 is 0 Å². The Morgan fingerprint density at radius 2 is 1.83 bits per heavy atom. The van der Waals surface area contributed by atoms with Crippen molar-refractivity contribution < 1.29 is 0 Å². The highest BCUT2D eigenvalue weighted by atomic mass is 14.9. The first-order chi connectivity index (χ1) is 8.57. The van der Waals surface area contributed by atoms with Gasteiger partial charge in [-0.15, -0.1) is 0 Å². The standard InChI is InChI=1S/C17H35N/c1-5-7-10-15(9-6-2)18-16-11-8-13-17(3,4)14-12-16/h15-16,18H,5-14H2,1-4H3. The molecule has 0 aromatic rings. The summed E-state index contributed by atoms with van der Waals surface area (Å²) in [5.74, 6) is 0. The maximum atomic E-state index is 3.97. The molecule has 2 atom stereocenters. The minimum absolute atomic E-state index is 0.583. The Hall–Kier alpha value is -0.0400.